The van der Waals surface area contributed by atoms with Crippen LogP contribution in [0.1, 0.15) is 11.1 Å². The van der Waals surface area contributed by atoms with E-state index in [-0.39, 0.29) is 0 Å². The van der Waals surface area contributed by atoms with Gasteiger partial charge in [0, 0.05) is 5.69 Å². The minimum atomic E-state index is 0.332. The summed E-state index contributed by atoms with van der Waals surface area (Å²) in [6.45, 7) is 4.05. The summed E-state index contributed by atoms with van der Waals surface area (Å²) in [5, 5.41) is 3.19. The number of nitrogens with one attached hydrogen (secondary N) is 1. The third kappa shape index (κ3) is 3.58. The van der Waals surface area contributed by atoms with Crippen LogP contribution in [0.4, 0.5) is 17.2 Å². The molecule has 3 aromatic rings. The molecule has 0 unspecified atom stereocenters. The van der Waals surface area contributed by atoms with Crippen LogP contribution in [-0.2, 0) is 0 Å². The summed E-state index contributed by atoms with van der Waals surface area (Å²) in [4.78, 5) is 8.31. The Morgan fingerprint density at radius 2 is 1.74 bits per heavy atom. The maximum Gasteiger partial charge on any atom is 0.248 e. The molecule has 23 heavy (non-hydrogen) atoms. The molecule has 0 atom stereocenters. The number of ether oxygens (including phenoxy) is 1. The average molecular weight is 306 g/mol. The molecule has 116 valence electrons. The van der Waals surface area contributed by atoms with Crippen LogP contribution in [0.3, 0.4) is 0 Å². The number of benzene rings is 2. The van der Waals surface area contributed by atoms with Crippen LogP contribution in [-0.4, -0.2) is 9.97 Å². The van der Waals surface area contributed by atoms with Crippen molar-refractivity contribution < 1.29 is 4.74 Å². The lowest BCUT2D eigenvalue weighted by Crippen LogP contribution is -2.03. The van der Waals surface area contributed by atoms with Gasteiger partial charge in [-0.2, -0.15) is 4.98 Å². The fourth-order valence-corrected chi connectivity index (χ4v) is 2.14. The van der Waals surface area contributed by atoms with Gasteiger partial charge in [-0.1, -0.05) is 29.8 Å². The maximum atomic E-state index is 6.13. The molecule has 3 rings (SSSR count). The van der Waals surface area contributed by atoms with Gasteiger partial charge in [0.25, 0.3) is 0 Å². The van der Waals surface area contributed by atoms with Crippen molar-refractivity contribution in [1.82, 2.24) is 9.97 Å². The molecule has 5 nitrogen and oxygen atoms in total. The van der Waals surface area contributed by atoms with Crippen LogP contribution in [0, 0.1) is 13.8 Å². The van der Waals surface area contributed by atoms with Gasteiger partial charge in [0.2, 0.25) is 5.88 Å². The van der Waals surface area contributed by atoms with E-state index in [2.05, 4.69) is 15.3 Å². The highest BCUT2D eigenvalue weighted by Gasteiger charge is 2.10. The van der Waals surface area contributed by atoms with Crippen molar-refractivity contribution in [3.05, 3.63) is 66.0 Å². The van der Waals surface area contributed by atoms with E-state index >= 15 is 0 Å². The Morgan fingerprint density at radius 1 is 0.957 bits per heavy atom. The Hall–Kier alpha value is -3.08. The lowest BCUT2D eigenvalue weighted by molar-refractivity contribution is 0.464. The van der Waals surface area contributed by atoms with Crippen molar-refractivity contribution >= 4 is 17.2 Å². The molecule has 0 amide bonds. The summed E-state index contributed by atoms with van der Waals surface area (Å²) in [5.41, 5.74) is 9.73. The lowest BCUT2D eigenvalue weighted by atomic mass is 10.2. The first kappa shape index (κ1) is 14.8. The summed E-state index contributed by atoms with van der Waals surface area (Å²) in [6.07, 6.45) is 1.43. The summed E-state index contributed by atoms with van der Waals surface area (Å²) < 4.78 is 5.75. The first-order valence-corrected chi connectivity index (χ1v) is 7.30. The second-order valence-corrected chi connectivity index (χ2v) is 5.35. The number of aryl methyl sites for hydroxylation is 2. The Bertz CT molecular complexity index is 816. The number of nitrogens with zero attached hydrogens (tertiary/aromatic N) is 2. The standard InChI is InChI=1S/C18H18N4O/c1-12-6-8-15(9-7-12)23-18-16(19)17(20-11-21-18)22-14-5-3-4-13(2)10-14/h3-11H,19H2,1-2H3,(H,20,21,22). The zero-order valence-corrected chi connectivity index (χ0v) is 13.1. The molecule has 0 aliphatic carbocycles. The van der Waals surface area contributed by atoms with Gasteiger partial charge in [0.1, 0.15) is 17.8 Å². The number of nitrogen functional groups attached to an aromatic ring is 1. The Labute approximate surface area is 135 Å². The molecule has 3 N–H and O–H groups in total. The molecule has 0 radical (unpaired) electrons. The largest absolute Gasteiger partial charge is 0.437 e. The fourth-order valence-electron chi connectivity index (χ4n) is 2.14. The average Bonchev–Trinajstić information content (AvgIpc) is 2.53. The van der Waals surface area contributed by atoms with Crippen LogP contribution in [0.2, 0.25) is 0 Å². The van der Waals surface area contributed by atoms with Crippen molar-refractivity contribution in [3.8, 4) is 11.6 Å². The Balaban J connectivity index is 1.84. The third-order valence-electron chi connectivity index (χ3n) is 3.36. The smallest absolute Gasteiger partial charge is 0.248 e. The SMILES string of the molecule is Cc1ccc(Oc2ncnc(Nc3cccc(C)c3)c2N)cc1. The highest BCUT2D eigenvalue weighted by atomic mass is 16.5. The number of hydrogen-bond acceptors (Lipinski definition) is 5. The maximum absolute atomic E-state index is 6.13. The van der Waals surface area contributed by atoms with E-state index in [1.54, 1.807) is 0 Å². The van der Waals surface area contributed by atoms with E-state index in [0.29, 0.717) is 23.1 Å². The van der Waals surface area contributed by atoms with Crippen molar-refractivity contribution in [2.75, 3.05) is 11.1 Å². The van der Waals surface area contributed by atoms with E-state index in [0.717, 1.165) is 16.8 Å². The van der Waals surface area contributed by atoms with Crippen LogP contribution in [0.25, 0.3) is 0 Å². The normalized spacial score (nSPS) is 10.3. The second kappa shape index (κ2) is 6.36. The van der Waals surface area contributed by atoms with Gasteiger partial charge in [-0.25, -0.2) is 4.98 Å². The van der Waals surface area contributed by atoms with E-state index < -0.39 is 0 Å². The second-order valence-electron chi connectivity index (χ2n) is 5.35. The number of aromatic nitrogens is 2. The fraction of sp³-hybridized carbons (Fsp3) is 0.111. The molecule has 0 bridgehead atoms. The Morgan fingerprint density at radius 3 is 2.48 bits per heavy atom. The predicted octanol–water partition coefficient (Wildman–Crippen LogP) is 4.21. The molecule has 5 heteroatoms. The van der Waals surface area contributed by atoms with Crippen molar-refractivity contribution in [3.63, 3.8) is 0 Å². The highest BCUT2D eigenvalue weighted by Crippen LogP contribution is 2.31. The molecular formula is C18H18N4O. The molecule has 0 spiro atoms. The van der Waals surface area contributed by atoms with Crippen molar-refractivity contribution in [2.24, 2.45) is 0 Å². The van der Waals surface area contributed by atoms with Gasteiger partial charge in [-0.15, -0.1) is 0 Å². The van der Waals surface area contributed by atoms with Gasteiger partial charge < -0.3 is 15.8 Å². The van der Waals surface area contributed by atoms with Crippen molar-refractivity contribution in [1.29, 1.82) is 0 Å². The zero-order valence-electron chi connectivity index (χ0n) is 13.1. The van der Waals surface area contributed by atoms with E-state index in [1.165, 1.54) is 6.33 Å². The lowest BCUT2D eigenvalue weighted by Gasteiger charge is -2.12. The predicted molar refractivity (Wildman–Crippen MR) is 92.2 cm³/mol. The van der Waals surface area contributed by atoms with Crippen LogP contribution in [0.5, 0.6) is 11.6 Å². The number of anilines is 3. The summed E-state index contributed by atoms with van der Waals surface area (Å²) in [7, 11) is 0. The summed E-state index contributed by atoms with van der Waals surface area (Å²) in [5.74, 6) is 1.54. The van der Waals surface area contributed by atoms with Gasteiger partial charge in [0.05, 0.1) is 0 Å². The number of hydrogen-bond donors (Lipinski definition) is 2. The van der Waals surface area contributed by atoms with E-state index in [1.807, 2.05) is 62.4 Å². The molecule has 0 saturated heterocycles. The summed E-state index contributed by atoms with van der Waals surface area (Å²) >= 11 is 0. The molecule has 2 aromatic carbocycles. The monoisotopic (exact) mass is 306 g/mol. The summed E-state index contributed by atoms with van der Waals surface area (Å²) in [6, 6.07) is 15.7. The van der Waals surface area contributed by atoms with E-state index in [9.17, 15) is 0 Å². The van der Waals surface area contributed by atoms with Gasteiger partial charge in [-0.3, -0.25) is 0 Å². The van der Waals surface area contributed by atoms with E-state index in [4.69, 9.17) is 10.5 Å². The quantitative estimate of drug-likeness (QED) is 0.755. The Kier molecular flexibility index (Phi) is 4.10. The molecule has 0 fully saturated rings. The van der Waals surface area contributed by atoms with Crippen LogP contribution < -0.4 is 15.8 Å². The molecule has 0 aliphatic rings. The first-order valence-electron chi connectivity index (χ1n) is 7.30. The van der Waals surface area contributed by atoms with Crippen LogP contribution >= 0.6 is 0 Å². The molecular weight excluding hydrogens is 288 g/mol. The first-order chi connectivity index (χ1) is 11.1. The molecule has 0 aliphatic heterocycles. The topological polar surface area (TPSA) is 73.1 Å². The minimum Gasteiger partial charge on any atom is -0.437 e. The van der Waals surface area contributed by atoms with Gasteiger partial charge in [-0.05, 0) is 43.7 Å². The third-order valence-corrected chi connectivity index (χ3v) is 3.36. The number of rotatable bonds is 4. The minimum absolute atomic E-state index is 0.332. The number of nitrogens with two attached hydrogens (primary N) is 1. The van der Waals surface area contributed by atoms with Crippen LogP contribution in [0.15, 0.2) is 54.9 Å². The highest BCUT2D eigenvalue weighted by molar-refractivity contribution is 5.72. The van der Waals surface area contributed by atoms with Crippen molar-refractivity contribution in [2.45, 2.75) is 13.8 Å². The zero-order chi connectivity index (χ0) is 16.2. The van der Waals surface area contributed by atoms with Gasteiger partial charge >= 0.3 is 0 Å². The molecule has 0 saturated carbocycles. The molecule has 1 aromatic heterocycles. The van der Waals surface area contributed by atoms with Gasteiger partial charge in [0.15, 0.2) is 5.82 Å². The molecule has 1 heterocycles.